The predicted molar refractivity (Wildman–Crippen MR) is 124 cm³/mol. The van der Waals surface area contributed by atoms with Gasteiger partial charge in [0.15, 0.2) is 22.6 Å². The van der Waals surface area contributed by atoms with E-state index in [9.17, 15) is 4.79 Å². The highest BCUT2D eigenvalue weighted by atomic mass is 32.2. The largest absolute Gasteiger partial charge is 0.490 e. The number of methoxy groups -OCH3 is 1. The number of rotatable bonds is 8. The number of ether oxygens (including phenoxy) is 1. The molecule has 2 heterocycles. The number of benzene rings is 1. The molecule has 0 aliphatic heterocycles. The highest BCUT2D eigenvalue weighted by Gasteiger charge is 2.21. The van der Waals surface area contributed by atoms with Gasteiger partial charge in [0.2, 0.25) is 11.7 Å². The number of amides is 1. The second kappa shape index (κ2) is 9.69. The number of carbonyl (C=O) groups is 1. The molecule has 31 heavy (non-hydrogen) atoms. The lowest BCUT2D eigenvalue weighted by atomic mass is 10.3. The van der Waals surface area contributed by atoms with Crippen molar-refractivity contribution in [1.82, 2.24) is 20.2 Å². The average Bonchev–Trinajstić information content (AvgIpc) is 3.12. The second-order valence-corrected chi connectivity index (χ2v) is 8.33. The summed E-state index contributed by atoms with van der Waals surface area (Å²) in [6, 6.07) is 9.62. The van der Waals surface area contributed by atoms with Crippen molar-refractivity contribution in [3.63, 3.8) is 0 Å². The lowest BCUT2D eigenvalue weighted by Crippen LogP contribution is -2.27. The van der Waals surface area contributed by atoms with Crippen LogP contribution >= 0.6 is 11.8 Å². The molecule has 164 valence electrons. The Labute approximate surface area is 186 Å². The molecule has 0 aliphatic carbocycles. The number of aromatic amines is 1. The Morgan fingerprint density at radius 2 is 1.94 bits per heavy atom. The molecule has 0 saturated carbocycles. The summed E-state index contributed by atoms with van der Waals surface area (Å²) in [7, 11) is 3.57. The van der Waals surface area contributed by atoms with Crippen molar-refractivity contribution >= 4 is 40.8 Å². The molecule has 0 bridgehead atoms. The lowest BCUT2D eigenvalue weighted by molar-refractivity contribution is -0.114. The van der Waals surface area contributed by atoms with E-state index in [4.69, 9.17) is 9.72 Å². The highest BCUT2D eigenvalue weighted by Crippen LogP contribution is 2.38. The van der Waals surface area contributed by atoms with Crippen LogP contribution in [0.25, 0.3) is 0 Å². The molecule has 3 aromatic rings. The zero-order chi connectivity index (χ0) is 22.5. The lowest BCUT2D eigenvalue weighted by Gasteiger charge is -2.25. The van der Waals surface area contributed by atoms with E-state index >= 15 is 0 Å². The van der Waals surface area contributed by atoms with E-state index < -0.39 is 0 Å². The SMILES string of the molecule is COc1c(Nc2cc(C)[nH]n2)nc(Sc2ccc(NC(C)=O)cc2)nc1N(C)C(C)C. The quantitative estimate of drug-likeness (QED) is 0.446. The first-order valence-corrected chi connectivity index (χ1v) is 10.6. The summed E-state index contributed by atoms with van der Waals surface area (Å²) in [5.74, 6) is 2.29. The summed E-state index contributed by atoms with van der Waals surface area (Å²) < 4.78 is 5.67. The fourth-order valence-corrected chi connectivity index (χ4v) is 3.49. The number of hydrogen-bond acceptors (Lipinski definition) is 8. The smallest absolute Gasteiger partial charge is 0.221 e. The van der Waals surface area contributed by atoms with E-state index in [1.165, 1.54) is 18.7 Å². The van der Waals surface area contributed by atoms with Gasteiger partial charge in [0.1, 0.15) is 0 Å². The van der Waals surface area contributed by atoms with Crippen molar-refractivity contribution in [2.45, 2.75) is 43.8 Å². The number of nitrogens with one attached hydrogen (secondary N) is 3. The summed E-state index contributed by atoms with van der Waals surface area (Å²) in [6.45, 7) is 7.58. The van der Waals surface area contributed by atoms with Crippen LogP contribution in [0.3, 0.4) is 0 Å². The van der Waals surface area contributed by atoms with Crippen molar-refractivity contribution in [3.8, 4) is 5.75 Å². The first kappa shape index (κ1) is 22.4. The monoisotopic (exact) mass is 441 g/mol. The molecule has 10 heteroatoms. The molecular formula is C21H27N7O2S. The average molecular weight is 442 g/mol. The van der Waals surface area contributed by atoms with Crippen LogP contribution in [-0.2, 0) is 4.79 Å². The van der Waals surface area contributed by atoms with E-state index in [-0.39, 0.29) is 11.9 Å². The number of anilines is 4. The summed E-state index contributed by atoms with van der Waals surface area (Å²) in [5.41, 5.74) is 1.67. The van der Waals surface area contributed by atoms with E-state index in [1.54, 1.807) is 7.11 Å². The van der Waals surface area contributed by atoms with Gasteiger partial charge < -0.3 is 20.3 Å². The molecule has 3 rings (SSSR count). The van der Waals surface area contributed by atoms with Crippen LogP contribution in [0.4, 0.5) is 23.1 Å². The molecule has 0 fully saturated rings. The second-order valence-electron chi connectivity index (χ2n) is 7.29. The van der Waals surface area contributed by atoms with Crippen molar-refractivity contribution in [2.24, 2.45) is 0 Å². The minimum Gasteiger partial charge on any atom is -0.490 e. The third kappa shape index (κ3) is 5.66. The number of nitrogens with zero attached hydrogens (tertiary/aromatic N) is 4. The Kier molecular flexibility index (Phi) is 7.01. The number of aryl methyl sites for hydroxylation is 1. The normalized spacial score (nSPS) is 10.8. The Morgan fingerprint density at radius 3 is 2.48 bits per heavy atom. The van der Waals surface area contributed by atoms with E-state index in [0.717, 1.165) is 16.3 Å². The molecular weight excluding hydrogens is 414 g/mol. The molecule has 2 aromatic heterocycles. The van der Waals surface area contributed by atoms with Crippen LogP contribution in [0.1, 0.15) is 26.5 Å². The van der Waals surface area contributed by atoms with Gasteiger partial charge in [0.25, 0.3) is 0 Å². The predicted octanol–water partition coefficient (Wildman–Crippen LogP) is 4.21. The maximum absolute atomic E-state index is 11.2. The van der Waals surface area contributed by atoms with E-state index in [1.807, 2.05) is 49.2 Å². The Bertz CT molecular complexity index is 1050. The zero-order valence-electron chi connectivity index (χ0n) is 18.5. The van der Waals surface area contributed by atoms with Crippen LogP contribution < -0.4 is 20.3 Å². The molecule has 0 atom stereocenters. The molecule has 0 spiro atoms. The standard InChI is InChI=1S/C21H27N7O2S/c1-12(2)28(5)20-18(30-6)19(23-17-11-13(3)26-27-17)24-21(25-20)31-16-9-7-15(8-10-16)22-14(4)29/h7-12H,1-6H3,(H,22,29)(H2,23,24,25,26,27). The number of H-pyrrole nitrogens is 1. The molecule has 9 nitrogen and oxygen atoms in total. The maximum Gasteiger partial charge on any atom is 0.221 e. The molecule has 0 unspecified atom stereocenters. The van der Waals surface area contributed by atoms with Gasteiger partial charge in [-0.3, -0.25) is 9.89 Å². The molecule has 1 aromatic carbocycles. The van der Waals surface area contributed by atoms with Crippen LogP contribution in [0.5, 0.6) is 5.75 Å². The van der Waals surface area contributed by atoms with Gasteiger partial charge >= 0.3 is 0 Å². The summed E-state index contributed by atoms with van der Waals surface area (Å²) in [5, 5.41) is 13.7. The molecule has 0 saturated heterocycles. The zero-order valence-corrected chi connectivity index (χ0v) is 19.3. The van der Waals surface area contributed by atoms with Crippen LogP contribution in [0.2, 0.25) is 0 Å². The van der Waals surface area contributed by atoms with Crippen LogP contribution in [0.15, 0.2) is 40.4 Å². The Balaban J connectivity index is 1.97. The van der Waals surface area contributed by atoms with Gasteiger partial charge in [-0.15, -0.1) is 0 Å². The van der Waals surface area contributed by atoms with E-state index in [0.29, 0.717) is 28.4 Å². The minimum absolute atomic E-state index is 0.107. The third-order valence-corrected chi connectivity index (χ3v) is 5.35. The van der Waals surface area contributed by atoms with Crippen molar-refractivity contribution in [3.05, 3.63) is 36.0 Å². The maximum atomic E-state index is 11.2. The fraction of sp³-hybridized carbons (Fsp3) is 0.333. The highest BCUT2D eigenvalue weighted by molar-refractivity contribution is 7.99. The van der Waals surface area contributed by atoms with Crippen molar-refractivity contribution in [2.75, 3.05) is 29.7 Å². The van der Waals surface area contributed by atoms with E-state index in [2.05, 4.69) is 39.7 Å². The summed E-state index contributed by atoms with van der Waals surface area (Å²) in [4.78, 5) is 23.6. The van der Waals surface area contributed by atoms with Crippen molar-refractivity contribution < 1.29 is 9.53 Å². The summed E-state index contributed by atoms with van der Waals surface area (Å²) in [6.07, 6.45) is 0. The van der Waals surface area contributed by atoms with Crippen molar-refractivity contribution in [1.29, 1.82) is 0 Å². The minimum atomic E-state index is -0.107. The van der Waals surface area contributed by atoms with Gasteiger partial charge in [-0.05, 0) is 56.8 Å². The first-order chi connectivity index (χ1) is 14.8. The molecule has 3 N–H and O–H groups in total. The van der Waals surface area contributed by atoms with Crippen LogP contribution in [-0.4, -0.2) is 46.3 Å². The summed E-state index contributed by atoms with van der Waals surface area (Å²) >= 11 is 1.42. The topological polar surface area (TPSA) is 108 Å². The third-order valence-electron chi connectivity index (χ3n) is 4.48. The fourth-order valence-electron chi connectivity index (χ4n) is 2.74. The number of carbonyl (C=O) groups excluding carboxylic acids is 1. The molecule has 0 aliphatic rings. The number of aromatic nitrogens is 4. The van der Waals surface area contributed by atoms with Gasteiger partial charge in [-0.25, -0.2) is 9.97 Å². The van der Waals surface area contributed by atoms with Gasteiger partial charge in [0, 0.05) is 42.4 Å². The van der Waals surface area contributed by atoms with Gasteiger partial charge in [-0.1, -0.05) is 0 Å². The Morgan fingerprint density at radius 1 is 1.23 bits per heavy atom. The number of hydrogen-bond donors (Lipinski definition) is 3. The van der Waals surface area contributed by atoms with Crippen LogP contribution in [0, 0.1) is 6.92 Å². The molecule has 0 radical (unpaired) electrons. The first-order valence-electron chi connectivity index (χ1n) is 9.80. The molecule has 1 amide bonds. The Hall–Kier alpha value is -3.27. The van der Waals surface area contributed by atoms with Gasteiger partial charge in [-0.2, -0.15) is 5.10 Å². The van der Waals surface area contributed by atoms with Gasteiger partial charge in [0.05, 0.1) is 7.11 Å².